The summed E-state index contributed by atoms with van der Waals surface area (Å²) in [5, 5.41) is 124. The van der Waals surface area contributed by atoms with Crippen molar-refractivity contribution in [2.45, 2.75) is 23.4 Å². The molecule has 4 aromatic carbocycles. The lowest BCUT2D eigenvalue weighted by Crippen LogP contribution is -2.73. The molecule has 0 unspecified atom stereocenters. The summed E-state index contributed by atoms with van der Waals surface area (Å²) in [5.41, 5.74) is -15.4. The maximum Gasteiger partial charge on any atom is 0.360 e. The Morgan fingerprint density at radius 1 is 0.458 bits per heavy atom. The fourth-order valence-corrected chi connectivity index (χ4v) is 5.24. The number of hydrogen-bond donors (Lipinski definition) is 12. The Kier molecular flexibility index (Phi) is 11.9. The van der Waals surface area contributed by atoms with E-state index in [1.165, 1.54) is 0 Å². The maximum atomic E-state index is 14.3. The quantitative estimate of drug-likeness (QED) is 0.0249. The van der Waals surface area contributed by atoms with E-state index in [1.54, 1.807) is 0 Å². The van der Waals surface area contributed by atoms with Gasteiger partial charge in [-0.05, 0) is 48.5 Å². The molecule has 23 nitrogen and oxygen atoms in total. The number of carbonyl (C=O) groups is 8. The molecule has 0 aliphatic rings. The number of esters is 3. The molecule has 4 aromatic rings. The number of hydrogen-bond acceptors (Lipinski definition) is 20. The minimum Gasteiger partial charge on any atom is -0.504 e. The van der Waals surface area contributed by atoms with Crippen LogP contribution in [0.25, 0.3) is 0 Å². The van der Waals surface area contributed by atoms with Gasteiger partial charge in [0.2, 0.25) is 23.8 Å². The molecule has 0 saturated heterocycles. The second kappa shape index (κ2) is 16.2. The highest BCUT2D eigenvalue weighted by Gasteiger charge is 2.74. The van der Waals surface area contributed by atoms with Crippen LogP contribution < -0.4 is 0 Å². The predicted octanol–water partition coefficient (Wildman–Crippen LogP) is 0.115. The van der Waals surface area contributed by atoms with Crippen molar-refractivity contribution in [1.29, 1.82) is 0 Å². The van der Waals surface area contributed by atoms with Gasteiger partial charge in [-0.3, -0.25) is 9.59 Å². The Labute approximate surface area is 325 Å². The number of para-hydroxylation sites is 4. The molecule has 4 atom stereocenters. The van der Waals surface area contributed by atoms with Crippen LogP contribution in [0, 0.1) is 0 Å². The van der Waals surface area contributed by atoms with Gasteiger partial charge in [0.15, 0.2) is 46.0 Å². The SMILES string of the molecule is O=C(O[C@@H](C(=O)O)[C@@H](OC(=O)c1cccc(O)c1O)C(=O)O[C@](C(=O)O)(C(=O)c1cccc(O)c1O)[C@@](O)(C(=O)O)C(=O)c1cccc(O)c1O)c1cccc(O)c1O. The monoisotopic (exact) mass is 826 g/mol. The lowest BCUT2D eigenvalue weighted by molar-refractivity contribution is -0.207. The molecule has 4 rings (SSSR count). The van der Waals surface area contributed by atoms with Crippen LogP contribution in [0.2, 0.25) is 0 Å². The summed E-state index contributed by atoms with van der Waals surface area (Å²) in [6, 6.07) is 8.48. The van der Waals surface area contributed by atoms with E-state index in [1.807, 2.05) is 0 Å². The van der Waals surface area contributed by atoms with Crippen LogP contribution in [0.15, 0.2) is 72.8 Å². The van der Waals surface area contributed by atoms with Crippen molar-refractivity contribution >= 4 is 47.4 Å². The van der Waals surface area contributed by atoms with Crippen molar-refractivity contribution < 1.29 is 114 Å². The fourth-order valence-electron chi connectivity index (χ4n) is 5.24. The average Bonchev–Trinajstić information content (AvgIpc) is 3.17. The maximum absolute atomic E-state index is 14.3. The fraction of sp³-hybridized carbons (Fsp3) is 0.111. The van der Waals surface area contributed by atoms with Crippen molar-refractivity contribution in [3.8, 4) is 46.0 Å². The van der Waals surface area contributed by atoms with E-state index < -0.39 is 139 Å². The molecule has 59 heavy (non-hydrogen) atoms. The van der Waals surface area contributed by atoms with Gasteiger partial charge in [0, 0.05) is 0 Å². The normalized spacial score (nSPS) is 13.9. The molecule has 0 heterocycles. The summed E-state index contributed by atoms with van der Waals surface area (Å²) in [7, 11) is 0. The van der Waals surface area contributed by atoms with Gasteiger partial charge in [0.1, 0.15) is 11.1 Å². The van der Waals surface area contributed by atoms with Crippen LogP contribution in [0.4, 0.5) is 0 Å². The molecule has 0 bridgehead atoms. The summed E-state index contributed by atoms with van der Waals surface area (Å²) < 4.78 is 14.3. The molecule has 0 amide bonds. The third-order valence-corrected chi connectivity index (χ3v) is 8.23. The standard InChI is InChI=1S/C36H26O23/c37-17-9-1-5-13(21(17)41)27(45)35(56,33(52)53)36(34(54)55,28(46)14-6-2-10-18(38)22(14)42)59-32(51)26(58-31(50)16-8-4-12-20(40)24(16)44)25(29(47)48)57-30(49)15-7-3-11-19(39)23(15)43/h1-12,25-26,37-44,56H,(H,47,48)(H,52,53)(H,54,55)/t25-,26-,35+,36+/m1/s1. The van der Waals surface area contributed by atoms with Gasteiger partial charge in [-0.15, -0.1) is 0 Å². The first-order valence-corrected chi connectivity index (χ1v) is 15.7. The van der Waals surface area contributed by atoms with Crippen molar-refractivity contribution in [2.75, 3.05) is 0 Å². The molecule has 0 fully saturated rings. The third kappa shape index (κ3) is 7.53. The molecule has 0 saturated carbocycles. The highest BCUT2D eigenvalue weighted by atomic mass is 16.6. The first-order valence-electron chi connectivity index (χ1n) is 15.7. The summed E-state index contributed by atoms with van der Waals surface area (Å²) in [5.74, 6) is -31.2. The third-order valence-electron chi connectivity index (χ3n) is 8.23. The van der Waals surface area contributed by atoms with Crippen LogP contribution in [0.5, 0.6) is 46.0 Å². The van der Waals surface area contributed by atoms with Crippen LogP contribution in [-0.4, -0.2) is 132 Å². The molecule has 0 radical (unpaired) electrons. The van der Waals surface area contributed by atoms with Crippen molar-refractivity contribution in [3.05, 3.63) is 95.1 Å². The van der Waals surface area contributed by atoms with Gasteiger partial charge >= 0.3 is 41.4 Å². The van der Waals surface area contributed by atoms with E-state index in [0.717, 1.165) is 30.3 Å². The average molecular weight is 827 g/mol. The highest BCUT2D eigenvalue weighted by molar-refractivity contribution is 6.30. The molecule has 0 spiro atoms. The first-order chi connectivity index (χ1) is 27.5. The second-order valence-electron chi connectivity index (χ2n) is 11.8. The van der Waals surface area contributed by atoms with Gasteiger partial charge < -0.3 is 75.5 Å². The Balaban J connectivity index is 2.05. The van der Waals surface area contributed by atoms with Gasteiger partial charge in [-0.1, -0.05) is 24.3 Å². The Bertz CT molecular complexity index is 2440. The van der Waals surface area contributed by atoms with E-state index in [-0.39, 0.29) is 0 Å². The van der Waals surface area contributed by atoms with Crippen molar-refractivity contribution in [2.24, 2.45) is 0 Å². The number of carbonyl (C=O) groups excluding carboxylic acids is 5. The number of carboxylic acids is 3. The number of phenols is 8. The number of phenolic OH excluding ortho intramolecular Hbond substituents is 8. The first kappa shape index (κ1) is 43.1. The summed E-state index contributed by atoms with van der Waals surface area (Å²) in [6.07, 6.45) is -6.93. The Morgan fingerprint density at radius 2 is 0.797 bits per heavy atom. The Hall–Kier alpha value is -8.60. The van der Waals surface area contributed by atoms with E-state index >= 15 is 0 Å². The molecule has 23 heteroatoms. The summed E-state index contributed by atoms with van der Waals surface area (Å²) in [6.45, 7) is 0. The van der Waals surface area contributed by atoms with Crippen LogP contribution >= 0.6 is 0 Å². The topological polar surface area (TPSA) is 407 Å². The van der Waals surface area contributed by atoms with Gasteiger partial charge in [0.25, 0.3) is 5.60 Å². The van der Waals surface area contributed by atoms with Crippen LogP contribution in [0.3, 0.4) is 0 Å². The molecule has 0 aliphatic heterocycles. The van der Waals surface area contributed by atoms with Crippen LogP contribution in [-0.2, 0) is 33.4 Å². The van der Waals surface area contributed by atoms with E-state index in [9.17, 15) is 99.6 Å². The molecular formula is C36H26O23. The highest BCUT2D eigenvalue weighted by Crippen LogP contribution is 2.42. The lowest BCUT2D eigenvalue weighted by atomic mass is 9.72. The number of ketones is 2. The van der Waals surface area contributed by atoms with E-state index in [2.05, 4.69) is 0 Å². The minimum atomic E-state index is -5.12. The Morgan fingerprint density at radius 3 is 1.15 bits per heavy atom. The zero-order valence-electron chi connectivity index (χ0n) is 28.9. The predicted molar refractivity (Wildman–Crippen MR) is 183 cm³/mol. The summed E-state index contributed by atoms with van der Waals surface area (Å²) in [4.78, 5) is 108. The molecular weight excluding hydrogens is 800 g/mol. The van der Waals surface area contributed by atoms with Crippen molar-refractivity contribution in [3.63, 3.8) is 0 Å². The number of aromatic hydroxyl groups is 8. The minimum absolute atomic E-state index is 0.424. The number of benzene rings is 4. The summed E-state index contributed by atoms with van der Waals surface area (Å²) >= 11 is 0. The molecule has 12 N–H and O–H groups in total. The number of rotatable bonds is 15. The number of ether oxygens (including phenoxy) is 3. The molecule has 0 aromatic heterocycles. The van der Waals surface area contributed by atoms with E-state index in [4.69, 9.17) is 14.2 Å². The number of carboxylic acid groups (broad SMARTS) is 3. The smallest absolute Gasteiger partial charge is 0.360 e. The number of aliphatic carboxylic acids is 3. The van der Waals surface area contributed by atoms with Gasteiger partial charge in [-0.25, -0.2) is 28.8 Å². The largest absolute Gasteiger partial charge is 0.504 e. The second-order valence-corrected chi connectivity index (χ2v) is 11.8. The van der Waals surface area contributed by atoms with Crippen LogP contribution in [0.1, 0.15) is 41.4 Å². The molecule has 0 aliphatic carbocycles. The van der Waals surface area contributed by atoms with E-state index in [0.29, 0.717) is 42.5 Å². The lowest BCUT2D eigenvalue weighted by Gasteiger charge is -2.38. The molecule has 308 valence electrons. The van der Waals surface area contributed by atoms with Crippen molar-refractivity contribution in [1.82, 2.24) is 0 Å². The number of aliphatic hydroxyl groups is 1. The zero-order chi connectivity index (χ0) is 44.3. The number of Topliss-reactive ketones (excluding diaryl/α,β-unsaturated/α-hetero) is 2. The van der Waals surface area contributed by atoms with Gasteiger partial charge in [0.05, 0.1) is 11.1 Å². The zero-order valence-corrected chi connectivity index (χ0v) is 28.9. The van der Waals surface area contributed by atoms with Gasteiger partial charge in [-0.2, -0.15) is 0 Å².